The first-order chi connectivity index (χ1) is 19.4. The van der Waals surface area contributed by atoms with Gasteiger partial charge in [0.1, 0.15) is 11.3 Å². The molecule has 3 heterocycles. The second kappa shape index (κ2) is 9.84. The van der Waals surface area contributed by atoms with Crippen LogP contribution in [0.15, 0.2) is 77.6 Å². The van der Waals surface area contributed by atoms with Crippen LogP contribution in [0.4, 0.5) is 11.4 Å². The fourth-order valence-electron chi connectivity index (χ4n) is 5.33. The number of hydrogen-bond donors (Lipinski definition) is 0. The summed E-state index contributed by atoms with van der Waals surface area (Å²) >= 11 is 0. The number of carbonyl (C=O) groups excluding carboxylic acids is 1. The lowest BCUT2D eigenvalue weighted by molar-refractivity contribution is -0.384. The highest BCUT2D eigenvalue weighted by atomic mass is 16.6. The molecular weight excluding hydrogens is 512 g/mol. The molecule has 0 radical (unpaired) electrons. The molecule has 6 rings (SSSR count). The molecule has 0 saturated carbocycles. The quantitative estimate of drug-likeness (QED) is 0.247. The number of benzene rings is 3. The minimum absolute atomic E-state index is 0.0368. The summed E-state index contributed by atoms with van der Waals surface area (Å²) in [6, 6.07) is 21.0. The molecule has 0 unspecified atom stereocenters. The Hall–Kier alpha value is -5.19. The Bertz CT molecular complexity index is 1820. The van der Waals surface area contributed by atoms with Gasteiger partial charge in [-0.25, -0.2) is 0 Å². The zero-order valence-electron chi connectivity index (χ0n) is 22.0. The lowest BCUT2D eigenvalue weighted by Gasteiger charge is -2.36. The Labute approximate surface area is 228 Å². The highest BCUT2D eigenvalue weighted by molar-refractivity contribution is 6.16. The molecule has 2 aromatic heterocycles. The van der Waals surface area contributed by atoms with Crippen LogP contribution in [-0.4, -0.2) is 63.4 Å². The van der Waals surface area contributed by atoms with E-state index in [1.165, 1.54) is 16.8 Å². The zero-order valence-corrected chi connectivity index (χ0v) is 22.0. The summed E-state index contributed by atoms with van der Waals surface area (Å²) in [7, 11) is 3.39. The molecule has 3 aromatic carbocycles. The number of nitrogens with zero attached hydrogens (tertiary/aromatic N) is 6. The topological polar surface area (TPSA) is 116 Å². The molecule has 0 bridgehead atoms. The molecule has 0 N–H and O–H groups in total. The predicted octanol–water partition coefficient (Wildman–Crippen LogP) is 3.76. The summed E-state index contributed by atoms with van der Waals surface area (Å²) in [5.74, 6) is 0.386. The number of nitro benzene ring substituents is 1. The van der Waals surface area contributed by atoms with Crippen molar-refractivity contribution < 1.29 is 14.5 Å². The van der Waals surface area contributed by atoms with Gasteiger partial charge in [-0.05, 0) is 42.5 Å². The molecular formula is C29H26N6O5. The van der Waals surface area contributed by atoms with Gasteiger partial charge in [-0.15, -0.1) is 0 Å². The molecule has 5 aromatic rings. The Balaban J connectivity index is 1.39. The van der Waals surface area contributed by atoms with E-state index in [1.54, 1.807) is 48.4 Å². The van der Waals surface area contributed by atoms with Crippen molar-refractivity contribution in [2.45, 2.75) is 0 Å². The maximum atomic E-state index is 14.1. The molecule has 0 spiro atoms. The highest BCUT2D eigenvalue weighted by Gasteiger charge is 2.29. The molecule has 1 aliphatic heterocycles. The average molecular weight is 539 g/mol. The van der Waals surface area contributed by atoms with Gasteiger partial charge in [-0.3, -0.25) is 19.7 Å². The fourth-order valence-corrected chi connectivity index (χ4v) is 5.33. The summed E-state index contributed by atoms with van der Waals surface area (Å²) in [5, 5.41) is 17.0. The number of piperazine rings is 1. The van der Waals surface area contributed by atoms with E-state index in [9.17, 15) is 19.7 Å². The van der Waals surface area contributed by atoms with E-state index >= 15 is 0 Å². The van der Waals surface area contributed by atoms with Gasteiger partial charge in [-0.1, -0.05) is 18.2 Å². The number of aryl methyl sites for hydroxylation is 1. The highest BCUT2D eigenvalue weighted by Crippen LogP contribution is 2.30. The number of para-hydroxylation sites is 1. The number of anilines is 1. The second-order valence-electron chi connectivity index (χ2n) is 9.62. The van der Waals surface area contributed by atoms with Crippen molar-refractivity contribution in [2.75, 3.05) is 38.2 Å². The molecule has 0 atom stereocenters. The van der Waals surface area contributed by atoms with Gasteiger partial charge in [0.15, 0.2) is 5.69 Å². The van der Waals surface area contributed by atoms with Crippen molar-refractivity contribution in [3.8, 4) is 11.4 Å². The van der Waals surface area contributed by atoms with Crippen molar-refractivity contribution in [1.82, 2.24) is 19.2 Å². The lowest BCUT2D eigenvalue weighted by Crippen LogP contribution is -2.49. The number of carbonyl (C=O) groups is 1. The normalized spacial score (nSPS) is 13.7. The third-order valence-electron chi connectivity index (χ3n) is 7.45. The monoisotopic (exact) mass is 538 g/mol. The van der Waals surface area contributed by atoms with Gasteiger partial charge < -0.3 is 19.1 Å². The van der Waals surface area contributed by atoms with E-state index in [2.05, 4.69) is 10.00 Å². The van der Waals surface area contributed by atoms with Crippen LogP contribution in [0.5, 0.6) is 5.75 Å². The minimum atomic E-state index is -0.424. The van der Waals surface area contributed by atoms with Crippen molar-refractivity contribution >= 4 is 39.1 Å². The fraction of sp³-hybridized carbons (Fsp3) is 0.207. The van der Waals surface area contributed by atoms with Crippen LogP contribution >= 0.6 is 0 Å². The van der Waals surface area contributed by atoms with E-state index in [1.807, 2.05) is 35.9 Å². The smallest absolute Gasteiger partial charge is 0.296 e. The van der Waals surface area contributed by atoms with Crippen molar-refractivity contribution in [3.63, 3.8) is 0 Å². The van der Waals surface area contributed by atoms with Crippen molar-refractivity contribution in [1.29, 1.82) is 0 Å². The van der Waals surface area contributed by atoms with Gasteiger partial charge in [0.05, 0.1) is 17.7 Å². The Morgan fingerprint density at radius 2 is 1.57 bits per heavy atom. The number of non-ortho nitro benzene ring substituents is 1. The summed E-state index contributed by atoms with van der Waals surface area (Å²) in [4.78, 5) is 42.2. The number of methoxy groups -OCH3 is 1. The number of fused-ring (bicyclic) bond motifs is 3. The van der Waals surface area contributed by atoms with Gasteiger partial charge in [0.2, 0.25) is 0 Å². The molecule has 1 amide bonds. The van der Waals surface area contributed by atoms with Crippen LogP contribution in [0, 0.1) is 10.1 Å². The molecule has 0 aliphatic carbocycles. The van der Waals surface area contributed by atoms with Crippen LogP contribution in [-0.2, 0) is 7.05 Å². The van der Waals surface area contributed by atoms with Gasteiger partial charge in [0.25, 0.3) is 17.2 Å². The van der Waals surface area contributed by atoms with Gasteiger partial charge in [0, 0.05) is 67.3 Å². The minimum Gasteiger partial charge on any atom is -0.497 e. The summed E-state index contributed by atoms with van der Waals surface area (Å²) in [6.07, 6.45) is 0. The van der Waals surface area contributed by atoms with E-state index < -0.39 is 4.92 Å². The maximum Gasteiger partial charge on any atom is 0.296 e. The number of hydrogen-bond acceptors (Lipinski definition) is 7. The Kier molecular flexibility index (Phi) is 6.18. The number of nitro groups is 1. The van der Waals surface area contributed by atoms with Crippen LogP contribution in [0.3, 0.4) is 0 Å². The lowest BCUT2D eigenvalue weighted by atomic mass is 10.1. The van der Waals surface area contributed by atoms with E-state index in [-0.39, 0.29) is 22.8 Å². The molecule has 1 fully saturated rings. The summed E-state index contributed by atoms with van der Waals surface area (Å²) < 4.78 is 8.35. The summed E-state index contributed by atoms with van der Waals surface area (Å²) in [6.45, 7) is 1.98. The Morgan fingerprint density at radius 3 is 2.23 bits per heavy atom. The third-order valence-corrected chi connectivity index (χ3v) is 7.45. The van der Waals surface area contributed by atoms with Crippen LogP contribution in [0.25, 0.3) is 27.5 Å². The average Bonchev–Trinajstić information content (AvgIpc) is 3.30. The predicted molar refractivity (Wildman–Crippen MR) is 152 cm³/mol. The number of amides is 1. The zero-order chi connectivity index (χ0) is 28.0. The maximum absolute atomic E-state index is 14.1. The SMILES string of the molecule is COc1ccc(-n2nc(C(=O)N3CCN(c4ccc([N+](=O)[O-])cc4)CC3)c3c4ccccc4n(C)c3c2=O)cc1. The number of ether oxygens (including phenoxy) is 1. The standard InChI is InChI=1S/C29H26N6O5/c1-31-24-6-4-3-5-23(24)25-26(30-34(29(37)27(25)31)20-11-13-22(40-2)14-12-20)28(36)33-17-15-32(16-18-33)19-7-9-21(10-8-19)35(38)39/h3-14H,15-18H2,1-2H3. The van der Waals surface area contributed by atoms with Crippen molar-refractivity contribution in [3.05, 3.63) is 99.0 Å². The first-order valence-electron chi connectivity index (χ1n) is 12.8. The first kappa shape index (κ1) is 25.1. The summed E-state index contributed by atoms with van der Waals surface area (Å²) in [5.41, 5.74) is 2.55. The molecule has 1 aliphatic rings. The number of aromatic nitrogens is 3. The van der Waals surface area contributed by atoms with Crippen LogP contribution in [0.1, 0.15) is 10.5 Å². The molecule has 11 heteroatoms. The van der Waals surface area contributed by atoms with Crippen LogP contribution in [0.2, 0.25) is 0 Å². The molecule has 1 saturated heterocycles. The van der Waals surface area contributed by atoms with Gasteiger partial charge in [-0.2, -0.15) is 9.78 Å². The van der Waals surface area contributed by atoms with E-state index in [4.69, 9.17) is 4.74 Å². The first-order valence-corrected chi connectivity index (χ1v) is 12.8. The molecule has 40 heavy (non-hydrogen) atoms. The molecule has 11 nitrogen and oxygen atoms in total. The van der Waals surface area contributed by atoms with E-state index in [0.717, 1.165) is 16.6 Å². The third kappa shape index (κ3) is 4.12. The Morgan fingerprint density at radius 1 is 0.925 bits per heavy atom. The second-order valence-corrected chi connectivity index (χ2v) is 9.62. The van der Waals surface area contributed by atoms with E-state index in [0.29, 0.717) is 48.5 Å². The van der Waals surface area contributed by atoms with Gasteiger partial charge >= 0.3 is 0 Å². The van der Waals surface area contributed by atoms with Crippen LogP contribution < -0.4 is 15.2 Å². The molecule has 202 valence electrons. The largest absolute Gasteiger partial charge is 0.497 e. The van der Waals surface area contributed by atoms with Crippen molar-refractivity contribution in [2.24, 2.45) is 7.05 Å². The number of rotatable bonds is 5.